The van der Waals surface area contributed by atoms with Gasteiger partial charge in [-0.05, 0) is 6.42 Å². The molecule has 58 valence electrons. The summed E-state index contributed by atoms with van der Waals surface area (Å²) in [5.74, 6) is 0.452. The van der Waals surface area contributed by atoms with Crippen molar-refractivity contribution < 1.29 is 9.84 Å². The van der Waals surface area contributed by atoms with Crippen molar-refractivity contribution in [3.05, 3.63) is 0 Å². The van der Waals surface area contributed by atoms with Crippen molar-refractivity contribution in [2.24, 2.45) is 5.92 Å². The first-order valence-corrected chi connectivity index (χ1v) is 3.81. The van der Waals surface area contributed by atoms with Crippen LogP contribution in [0.3, 0.4) is 0 Å². The summed E-state index contributed by atoms with van der Waals surface area (Å²) in [7, 11) is 0. The van der Waals surface area contributed by atoms with Gasteiger partial charge in [0.05, 0.1) is 13.2 Å². The van der Waals surface area contributed by atoms with Crippen molar-refractivity contribution >= 4 is 0 Å². The Morgan fingerprint density at radius 2 is 2.60 bits per heavy atom. The predicted octanol–water partition coefficient (Wildman–Crippen LogP) is -0.643. The van der Waals surface area contributed by atoms with Crippen LogP contribution in [0.25, 0.3) is 0 Å². The second-order valence-corrected chi connectivity index (χ2v) is 3.22. The molecular weight excluding hydrogens is 130 g/mol. The largest absolute Gasteiger partial charge is 0.396 e. The van der Waals surface area contributed by atoms with Gasteiger partial charge in [-0.3, -0.25) is 0 Å². The molecule has 0 radical (unpaired) electrons. The number of nitrogens with one attached hydrogen (secondary N) is 1. The highest BCUT2D eigenvalue weighted by molar-refractivity contribution is 5.11. The number of ether oxygens (including phenoxy) is 1. The van der Waals surface area contributed by atoms with Crippen molar-refractivity contribution in [2.75, 3.05) is 26.4 Å². The molecule has 0 aromatic heterocycles. The van der Waals surface area contributed by atoms with Gasteiger partial charge in [-0.15, -0.1) is 0 Å². The van der Waals surface area contributed by atoms with Gasteiger partial charge in [0.25, 0.3) is 0 Å². The zero-order chi connectivity index (χ0) is 7.03. The van der Waals surface area contributed by atoms with Crippen LogP contribution in [0, 0.1) is 5.92 Å². The third-order valence-corrected chi connectivity index (χ3v) is 2.54. The van der Waals surface area contributed by atoms with Gasteiger partial charge in [-0.2, -0.15) is 0 Å². The second-order valence-electron chi connectivity index (χ2n) is 3.22. The average molecular weight is 143 g/mol. The third-order valence-electron chi connectivity index (χ3n) is 2.54. The molecule has 1 aliphatic carbocycles. The first-order valence-electron chi connectivity index (χ1n) is 3.81. The zero-order valence-corrected chi connectivity index (χ0v) is 5.97. The van der Waals surface area contributed by atoms with Gasteiger partial charge in [0.2, 0.25) is 0 Å². The maximum Gasteiger partial charge on any atom is 0.0652 e. The molecule has 2 aliphatic rings. The molecule has 2 fully saturated rings. The van der Waals surface area contributed by atoms with E-state index in [1.54, 1.807) is 0 Å². The molecule has 2 rings (SSSR count). The van der Waals surface area contributed by atoms with E-state index < -0.39 is 0 Å². The van der Waals surface area contributed by atoms with Crippen LogP contribution in [0.5, 0.6) is 0 Å². The Balaban J connectivity index is 1.92. The summed E-state index contributed by atoms with van der Waals surface area (Å²) in [4.78, 5) is 0. The zero-order valence-electron chi connectivity index (χ0n) is 5.97. The summed E-state index contributed by atoms with van der Waals surface area (Å²) in [5.41, 5.74) is 0.174. The summed E-state index contributed by atoms with van der Waals surface area (Å²) < 4.78 is 5.31. The van der Waals surface area contributed by atoms with E-state index in [-0.39, 0.29) is 5.54 Å². The van der Waals surface area contributed by atoms with Crippen LogP contribution in [0.1, 0.15) is 6.42 Å². The van der Waals surface area contributed by atoms with Crippen LogP contribution in [0.15, 0.2) is 0 Å². The highest BCUT2D eigenvalue weighted by Gasteiger charge is 2.54. The molecule has 1 spiro atoms. The number of rotatable bonds is 1. The van der Waals surface area contributed by atoms with Crippen LogP contribution in [0.4, 0.5) is 0 Å². The van der Waals surface area contributed by atoms with Crippen molar-refractivity contribution in [2.45, 2.75) is 12.0 Å². The Bertz CT molecular complexity index is 132. The molecule has 0 aromatic rings. The smallest absolute Gasteiger partial charge is 0.0652 e. The van der Waals surface area contributed by atoms with Gasteiger partial charge < -0.3 is 15.2 Å². The number of hydrogen-bond donors (Lipinski definition) is 2. The Labute approximate surface area is 60.4 Å². The summed E-state index contributed by atoms with van der Waals surface area (Å²) in [6, 6.07) is 0. The lowest BCUT2D eigenvalue weighted by molar-refractivity contribution is 0.0577. The standard InChI is InChI=1S/C7H13NO2/c9-4-6-3-7(6)5-10-2-1-8-7/h6,8-9H,1-5H2. The first-order chi connectivity index (χ1) is 4.87. The Kier molecular flexibility index (Phi) is 1.44. The molecule has 1 heterocycles. The van der Waals surface area contributed by atoms with E-state index in [1.807, 2.05) is 0 Å². The van der Waals surface area contributed by atoms with Gasteiger partial charge in [-0.1, -0.05) is 0 Å². The molecule has 1 saturated carbocycles. The minimum absolute atomic E-state index is 0.174. The summed E-state index contributed by atoms with van der Waals surface area (Å²) in [6.45, 7) is 2.85. The molecular formula is C7H13NO2. The molecule has 0 aromatic carbocycles. The fourth-order valence-electron chi connectivity index (χ4n) is 1.69. The number of morpholine rings is 1. The van der Waals surface area contributed by atoms with Crippen LogP contribution in [-0.4, -0.2) is 37.0 Å². The molecule has 10 heavy (non-hydrogen) atoms. The van der Waals surface area contributed by atoms with Crippen LogP contribution < -0.4 is 5.32 Å². The number of aliphatic hydroxyl groups is 1. The summed E-state index contributed by atoms with van der Waals surface area (Å²) in [5, 5.41) is 12.2. The molecule has 1 saturated heterocycles. The normalized spacial score (nSPS) is 45.9. The van der Waals surface area contributed by atoms with Gasteiger partial charge in [0, 0.05) is 24.6 Å². The van der Waals surface area contributed by atoms with E-state index in [0.717, 1.165) is 26.2 Å². The van der Waals surface area contributed by atoms with Gasteiger partial charge >= 0.3 is 0 Å². The predicted molar refractivity (Wildman–Crippen MR) is 36.7 cm³/mol. The fraction of sp³-hybridized carbons (Fsp3) is 1.00. The fourth-order valence-corrected chi connectivity index (χ4v) is 1.69. The summed E-state index contributed by atoms with van der Waals surface area (Å²) in [6.07, 6.45) is 1.09. The van der Waals surface area contributed by atoms with E-state index in [4.69, 9.17) is 9.84 Å². The average Bonchev–Trinajstić information content (AvgIpc) is 2.65. The lowest BCUT2D eigenvalue weighted by Crippen LogP contribution is -2.45. The lowest BCUT2D eigenvalue weighted by atomic mass is 10.2. The summed E-state index contributed by atoms with van der Waals surface area (Å²) >= 11 is 0. The van der Waals surface area contributed by atoms with Crippen molar-refractivity contribution in [3.63, 3.8) is 0 Å². The van der Waals surface area contributed by atoms with Crippen LogP contribution in [-0.2, 0) is 4.74 Å². The van der Waals surface area contributed by atoms with E-state index in [9.17, 15) is 0 Å². The lowest BCUT2D eigenvalue weighted by Gasteiger charge is -2.24. The highest BCUT2D eigenvalue weighted by atomic mass is 16.5. The van der Waals surface area contributed by atoms with Gasteiger partial charge in [0.15, 0.2) is 0 Å². The maximum absolute atomic E-state index is 8.83. The first kappa shape index (κ1) is 6.58. The number of aliphatic hydroxyl groups excluding tert-OH is 1. The minimum Gasteiger partial charge on any atom is -0.396 e. The van der Waals surface area contributed by atoms with Crippen molar-refractivity contribution in [1.29, 1.82) is 0 Å². The SMILES string of the molecule is OCC1CC12COCCN2. The maximum atomic E-state index is 8.83. The molecule has 2 N–H and O–H groups in total. The Morgan fingerprint density at radius 1 is 1.70 bits per heavy atom. The second kappa shape index (κ2) is 2.19. The molecule has 0 bridgehead atoms. The topological polar surface area (TPSA) is 41.5 Å². The monoisotopic (exact) mass is 143 g/mol. The number of hydrogen-bond acceptors (Lipinski definition) is 3. The third kappa shape index (κ3) is 0.856. The van der Waals surface area contributed by atoms with E-state index >= 15 is 0 Å². The quantitative estimate of drug-likeness (QED) is 0.513. The van der Waals surface area contributed by atoms with Crippen LogP contribution >= 0.6 is 0 Å². The van der Waals surface area contributed by atoms with Crippen molar-refractivity contribution in [1.82, 2.24) is 5.32 Å². The molecule has 1 aliphatic heterocycles. The van der Waals surface area contributed by atoms with Crippen LogP contribution in [0.2, 0.25) is 0 Å². The molecule has 3 nitrogen and oxygen atoms in total. The van der Waals surface area contributed by atoms with E-state index in [0.29, 0.717) is 12.5 Å². The van der Waals surface area contributed by atoms with Gasteiger partial charge in [-0.25, -0.2) is 0 Å². The molecule has 0 amide bonds. The van der Waals surface area contributed by atoms with E-state index in [1.165, 1.54) is 0 Å². The molecule has 2 atom stereocenters. The van der Waals surface area contributed by atoms with Gasteiger partial charge in [0.1, 0.15) is 0 Å². The molecule has 2 unspecified atom stereocenters. The Morgan fingerprint density at radius 3 is 3.10 bits per heavy atom. The van der Waals surface area contributed by atoms with Crippen molar-refractivity contribution in [3.8, 4) is 0 Å². The van der Waals surface area contributed by atoms with E-state index in [2.05, 4.69) is 5.32 Å². The minimum atomic E-state index is 0.174. The highest BCUT2D eigenvalue weighted by Crippen LogP contribution is 2.43. The molecule has 3 heteroatoms. The Hall–Kier alpha value is -0.120.